The van der Waals surface area contributed by atoms with Gasteiger partial charge in [-0.1, -0.05) is 0 Å². The molecular weight excluding hydrogens is 210 g/mol. The summed E-state index contributed by atoms with van der Waals surface area (Å²) in [5.41, 5.74) is 0. The normalized spacial score (nSPS) is 8.67. The molecule has 1 aromatic heterocycles. The van der Waals surface area contributed by atoms with Crippen molar-refractivity contribution in [2.75, 3.05) is 0 Å². The number of hydrogen-bond acceptors (Lipinski definition) is 1. The van der Waals surface area contributed by atoms with Gasteiger partial charge in [0.2, 0.25) is 0 Å². The van der Waals surface area contributed by atoms with Gasteiger partial charge >= 0.3 is 50.6 Å². The van der Waals surface area contributed by atoms with E-state index in [0.29, 0.717) is 0 Å². The van der Waals surface area contributed by atoms with Crippen LogP contribution in [0, 0.1) is 2.66 Å². The zero-order chi connectivity index (χ0) is 4.41. The first-order chi connectivity index (χ1) is 2.89. The topological polar surface area (TPSA) is 15.8 Å². The minimum absolute atomic E-state index is 0.0274. The Morgan fingerprint density at radius 1 is 1.83 bits per heavy atom. The molecule has 6 heavy (non-hydrogen) atoms. The van der Waals surface area contributed by atoms with E-state index in [9.17, 15) is 0 Å². The summed E-state index contributed by atoms with van der Waals surface area (Å²) < 4.78 is 3.19. The number of H-pyrrole nitrogens is 1. The Morgan fingerprint density at radius 2 is 2.67 bits per heavy atom. The maximum atomic E-state index is 4.80. The van der Waals surface area contributed by atoms with Crippen LogP contribution in [0.15, 0.2) is 10.3 Å². The second-order valence-electron chi connectivity index (χ2n) is 0.852. The average molecular weight is 213 g/mol. The molecule has 0 saturated heterocycles. The Hall–Kier alpha value is 0.420. The number of hydrogen-bond donors (Lipinski definition) is 1. The quantitative estimate of drug-likeness (QED) is 0.497. The van der Waals surface area contributed by atoms with Gasteiger partial charge in [0.1, 0.15) is 0 Å². The molecule has 0 unspecified atom stereocenters. The van der Waals surface area contributed by atoms with Crippen LogP contribution in [0.3, 0.4) is 0 Å². The molecular formula is C3H3NSTe. The molecule has 0 spiro atoms. The first-order valence-electron chi connectivity index (χ1n) is 1.52. The van der Waals surface area contributed by atoms with Crippen molar-refractivity contribution >= 4 is 32.6 Å². The van der Waals surface area contributed by atoms with E-state index in [-0.39, 0.29) is 20.4 Å². The third kappa shape index (κ3) is 0.939. The van der Waals surface area contributed by atoms with Crippen LogP contribution in [0.2, 0.25) is 0 Å². The molecule has 0 saturated carbocycles. The van der Waals surface area contributed by atoms with Crippen LogP contribution in [0.25, 0.3) is 0 Å². The van der Waals surface area contributed by atoms with Gasteiger partial charge in [0.15, 0.2) is 0 Å². The van der Waals surface area contributed by atoms with Gasteiger partial charge in [0.05, 0.1) is 0 Å². The zero-order valence-corrected chi connectivity index (χ0v) is 6.12. The second kappa shape index (κ2) is 1.92. The summed E-state index contributed by atoms with van der Waals surface area (Å²) in [6.07, 6.45) is 1.92. The van der Waals surface area contributed by atoms with Crippen LogP contribution in [-0.4, -0.2) is 25.4 Å². The molecule has 1 aromatic rings. The van der Waals surface area contributed by atoms with Crippen molar-refractivity contribution in [3.05, 3.63) is 12.9 Å². The summed E-state index contributed by atoms with van der Waals surface area (Å²) in [7, 11) is 0. The molecule has 32 valence electrons. The van der Waals surface area contributed by atoms with Crippen LogP contribution in [0.4, 0.5) is 0 Å². The molecule has 0 aliphatic heterocycles. The van der Waals surface area contributed by atoms with Crippen molar-refractivity contribution in [2.45, 2.75) is 0 Å². The second-order valence-corrected chi connectivity index (χ2v) is 4.68. The predicted molar refractivity (Wildman–Crippen MR) is 28.6 cm³/mol. The first-order valence-corrected chi connectivity index (χ1v) is 4.43. The minimum atomic E-state index is -0.0274. The van der Waals surface area contributed by atoms with E-state index >= 15 is 0 Å². The summed E-state index contributed by atoms with van der Waals surface area (Å²) in [6.45, 7) is 0. The Labute approximate surface area is 50.6 Å². The van der Waals surface area contributed by atoms with Crippen molar-refractivity contribution in [2.24, 2.45) is 0 Å². The number of aromatic nitrogens is 1. The summed E-state index contributed by atoms with van der Waals surface area (Å²) >= 11 is 4.78. The van der Waals surface area contributed by atoms with Gasteiger partial charge in [-0.05, 0) is 0 Å². The molecule has 0 aliphatic carbocycles. The fraction of sp³-hybridized carbons (Fsp3) is 0. The molecule has 0 aromatic carbocycles. The van der Waals surface area contributed by atoms with E-state index in [0.717, 1.165) is 2.66 Å². The number of nitrogens with one attached hydrogen (secondary N) is 1. The third-order valence-electron chi connectivity index (χ3n) is 0.444. The molecule has 0 amide bonds. The predicted octanol–water partition coefficient (Wildman–Crippen LogP) is 0.801. The maximum absolute atomic E-state index is 4.80. The Bertz CT molecular complexity index is 149. The Morgan fingerprint density at radius 3 is 2.83 bits per heavy atom. The molecule has 0 bridgehead atoms. The summed E-state index contributed by atoms with van der Waals surface area (Å²) in [5, 5.41) is 0. The van der Waals surface area contributed by atoms with Gasteiger partial charge in [-0.25, -0.2) is 0 Å². The monoisotopic (exact) mass is 215 g/mol. The fourth-order valence-corrected chi connectivity index (χ4v) is 1.80. The fourth-order valence-electron chi connectivity index (χ4n) is 0.232. The van der Waals surface area contributed by atoms with Crippen molar-refractivity contribution in [1.82, 2.24) is 4.98 Å². The third-order valence-corrected chi connectivity index (χ3v) is 2.93. The van der Waals surface area contributed by atoms with Crippen molar-refractivity contribution in [3.63, 3.8) is 0 Å². The molecule has 0 aliphatic rings. The van der Waals surface area contributed by atoms with Crippen LogP contribution >= 0.6 is 12.2 Å². The van der Waals surface area contributed by atoms with E-state index in [2.05, 4.69) is 9.07 Å². The van der Waals surface area contributed by atoms with Crippen molar-refractivity contribution in [3.8, 4) is 0 Å². The molecule has 1 heterocycles. The standard InChI is InChI=1S/C3H3NSTe/c5-3-4-1-2-6-3/h1-2H,(H,4,5). The molecule has 0 radical (unpaired) electrons. The van der Waals surface area contributed by atoms with E-state index in [1.54, 1.807) is 0 Å². The van der Waals surface area contributed by atoms with E-state index in [1.165, 1.54) is 0 Å². The average Bonchev–Trinajstić information content (AvgIpc) is 1.86. The number of aromatic amines is 1. The van der Waals surface area contributed by atoms with Crippen LogP contribution in [-0.2, 0) is 0 Å². The summed E-state index contributed by atoms with van der Waals surface area (Å²) in [5.74, 6) is 0. The SMILES string of the molecule is S=c1[nH]cc[te]1. The van der Waals surface area contributed by atoms with Crippen LogP contribution < -0.4 is 0 Å². The van der Waals surface area contributed by atoms with Gasteiger partial charge < -0.3 is 0 Å². The van der Waals surface area contributed by atoms with E-state index < -0.39 is 0 Å². The Balaban J connectivity index is 3.41. The van der Waals surface area contributed by atoms with Crippen molar-refractivity contribution in [1.29, 1.82) is 0 Å². The molecule has 1 nitrogen and oxygen atoms in total. The zero-order valence-electron chi connectivity index (χ0n) is 2.97. The molecule has 1 N–H and O–H groups in total. The van der Waals surface area contributed by atoms with Gasteiger partial charge in [-0.3, -0.25) is 0 Å². The van der Waals surface area contributed by atoms with Crippen molar-refractivity contribution < 1.29 is 0 Å². The molecule has 3 heteroatoms. The van der Waals surface area contributed by atoms with E-state index in [4.69, 9.17) is 12.2 Å². The molecule has 0 atom stereocenters. The molecule has 0 fully saturated rings. The number of rotatable bonds is 0. The summed E-state index contributed by atoms with van der Waals surface area (Å²) in [6, 6.07) is 0. The Kier molecular flexibility index (Phi) is 1.47. The first kappa shape index (κ1) is 4.58. The summed E-state index contributed by atoms with van der Waals surface area (Å²) in [4.78, 5) is 2.93. The van der Waals surface area contributed by atoms with Gasteiger partial charge in [0, 0.05) is 0 Å². The van der Waals surface area contributed by atoms with Gasteiger partial charge in [-0.15, -0.1) is 0 Å². The molecule has 1 rings (SSSR count). The van der Waals surface area contributed by atoms with Crippen LogP contribution in [0.1, 0.15) is 0 Å². The van der Waals surface area contributed by atoms with Gasteiger partial charge in [0.25, 0.3) is 0 Å². The van der Waals surface area contributed by atoms with Crippen LogP contribution in [0.5, 0.6) is 0 Å². The van der Waals surface area contributed by atoms with Gasteiger partial charge in [-0.2, -0.15) is 0 Å². The van der Waals surface area contributed by atoms with E-state index in [1.807, 2.05) is 6.20 Å².